The van der Waals surface area contributed by atoms with Crippen molar-refractivity contribution in [2.75, 3.05) is 13.1 Å². The van der Waals surface area contributed by atoms with Crippen molar-refractivity contribution < 1.29 is 0 Å². The Morgan fingerprint density at radius 2 is 1.95 bits per heavy atom. The van der Waals surface area contributed by atoms with Crippen LogP contribution in [0.2, 0.25) is 0 Å². The highest BCUT2D eigenvalue weighted by atomic mass is 15.0. The van der Waals surface area contributed by atoms with E-state index in [9.17, 15) is 0 Å². The second kappa shape index (κ2) is 5.52. The highest BCUT2D eigenvalue weighted by molar-refractivity contribution is 5.17. The lowest BCUT2D eigenvalue weighted by atomic mass is 9.66. The number of fused-ring (bicyclic) bond motifs is 1. The zero-order chi connectivity index (χ0) is 14.2. The van der Waals surface area contributed by atoms with E-state index in [-0.39, 0.29) is 0 Å². The molecular formula is C19H29N. The smallest absolute Gasteiger partial charge is 0.00138 e. The summed E-state index contributed by atoms with van der Waals surface area (Å²) in [5.74, 6) is 3.44. The van der Waals surface area contributed by atoms with Gasteiger partial charge in [0.05, 0.1) is 0 Å². The monoisotopic (exact) mass is 271 g/mol. The van der Waals surface area contributed by atoms with Crippen LogP contribution >= 0.6 is 0 Å². The number of hydrogen-bond donors (Lipinski definition) is 1. The highest BCUT2D eigenvalue weighted by Crippen LogP contribution is 2.55. The first-order chi connectivity index (χ1) is 9.62. The van der Waals surface area contributed by atoms with E-state index in [0.717, 1.165) is 23.7 Å². The Hall–Kier alpha value is -0.820. The summed E-state index contributed by atoms with van der Waals surface area (Å²) in [6.45, 7) is 9.80. The molecule has 3 rings (SSSR count). The molecule has 1 saturated carbocycles. The van der Waals surface area contributed by atoms with Gasteiger partial charge in [0.2, 0.25) is 0 Å². The number of nitrogens with one attached hydrogen (secondary N) is 1. The van der Waals surface area contributed by atoms with Gasteiger partial charge in [-0.25, -0.2) is 0 Å². The highest BCUT2D eigenvalue weighted by Gasteiger charge is 2.53. The van der Waals surface area contributed by atoms with Gasteiger partial charge < -0.3 is 5.32 Å². The minimum absolute atomic E-state index is 0.577. The fourth-order valence-electron chi connectivity index (χ4n) is 4.89. The Labute approximate surface area is 124 Å². The van der Waals surface area contributed by atoms with Gasteiger partial charge in [-0.05, 0) is 60.5 Å². The van der Waals surface area contributed by atoms with Gasteiger partial charge in [-0.3, -0.25) is 0 Å². The fourth-order valence-corrected chi connectivity index (χ4v) is 4.89. The van der Waals surface area contributed by atoms with Gasteiger partial charge in [0.25, 0.3) is 0 Å². The molecule has 0 amide bonds. The lowest BCUT2D eigenvalue weighted by Gasteiger charge is -2.38. The predicted molar refractivity (Wildman–Crippen MR) is 85.7 cm³/mol. The molecule has 1 saturated heterocycles. The van der Waals surface area contributed by atoms with E-state index in [1.807, 2.05) is 0 Å². The third kappa shape index (κ3) is 2.41. The first-order valence-corrected chi connectivity index (χ1v) is 8.36. The summed E-state index contributed by atoms with van der Waals surface area (Å²) < 4.78 is 0. The molecule has 1 heterocycles. The van der Waals surface area contributed by atoms with Crippen molar-refractivity contribution in [3.05, 3.63) is 35.9 Å². The van der Waals surface area contributed by atoms with Crippen molar-refractivity contribution in [1.29, 1.82) is 0 Å². The molecule has 1 aliphatic heterocycles. The Balaban J connectivity index is 1.73. The third-order valence-corrected chi connectivity index (χ3v) is 6.22. The number of hydrogen-bond acceptors (Lipinski definition) is 1. The van der Waals surface area contributed by atoms with Crippen molar-refractivity contribution in [2.24, 2.45) is 29.1 Å². The lowest BCUT2D eigenvalue weighted by Crippen LogP contribution is -2.36. The van der Waals surface area contributed by atoms with E-state index in [4.69, 9.17) is 0 Å². The molecule has 1 heteroatoms. The molecule has 110 valence electrons. The van der Waals surface area contributed by atoms with Crippen LogP contribution in [0, 0.1) is 29.1 Å². The summed E-state index contributed by atoms with van der Waals surface area (Å²) in [5, 5.41) is 3.69. The second-order valence-electron chi connectivity index (χ2n) is 7.59. The van der Waals surface area contributed by atoms with Crippen LogP contribution < -0.4 is 5.32 Å². The molecule has 1 N–H and O–H groups in total. The van der Waals surface area contributed by atoms with Crippen LogP contribution in [0.1, 0.15) is 39.2 Å². The molecule has 0 spiro atoms. The SMILES string of the molecule is CC(C)C(C)C12CNCC1CC(Cc1ccccc1)C2. The molecule has 0 radical (unpaired) electrons. The molecule has 2 aliphatic rings. The summed E-state index contributed by atoms with van der Waals surface area (Å²) in [5.41, 5.74) is 2.10. The van der Waals surface area contributed by atoms with Gasteiger partial charge in [0.15, 0.2) is 0 Å². The molecule has 4 atom stereocenters. The van der Waals surface area contributed by atoms with E-state index in [1.54, 1.807) is 0 Å². The summed E-state index contributed by atoms with van der Waals surface area (Å²) in [6.07, 6.45) is 4.14. The first kappa shape index (κ1) is 14.1. The van der Waals surface area contributed by atoms with Gasteiger partial charge >= 0.3 is 0 Å². The Kier molecular flexibility index (Phi) is 3.90. The maximum Gasteiger partial charge on any atom is 0.00138 e. The van der Waals surface area contributed by atoms with Crippen LogP contribution in [0.25, 0.3) is 0 Å². The molecule has 20 heavy (non-hydrogen) atoms. The molecule has 2 fully saturated rings. The summed E-state index contributed by atoms with van der Waals surface area (Å²) in [4.78, 5) is 0. The Morgan fingerprint density at radius 1 is 1.20 bits per heavy atom. The van der Waals surface area contributed by atoms with Crippen molar-refractivity contribution in [1.82, 2.24) is 5.32 Å². The van der Waals surface area contributed by atoms with Crippen molar-refractivity contribution in [3.63, 3.8) is 0 Å². The third-order valence-electron chi connectivity index (χ3n) is 6.22. The standard InChI is InChI=1S/C19H29N/c1-14(2)15(3)19-11-17(10-18(19)12-20-13-19)9-16-7-5-4-6-8-16/h4-8,14-15,17-18,20H,9-13H2,1-3H3. The first-order valence-electron chi connectivity index (χ1n) is 8.36. The van der Waals surface area contributed by atoms with E-state index in [1.165, 1.54) is 37.9 Å². The lowest BCUT2D eigenvalue weighted by molar-refractivity contribution is 0.118. The average molecular weight is 271 g/mol. The molecule has 1 nitrogen and oxygen atoms in total. The second-order valence-corrected chi connectivity index (χ2v) is 7.59. The Morgan fingerprint density at radius 3 is 2.65 bits per heavy atom. The fraction of sp³-hybridized carbons (Fsp3) is 0.684. The predicted octanol–water partition coefficient (Wildman–Crippen LogP) is 4.14. The molecule has 0 bridgehead atoms. The van der Waals surface area contributed by atoms with Crippen LogP contribution in [0.4, 0.5) is 0 Å². The van der Waals surface area contributed by atoms with Crippen LogP contribution in [0.5, 0.6) is 0 Å². The molecule has 1 aromatic carbocycles. The van der Waals surface area contributed by atoms with E-state index < -0.39 is 0 Å². The normalized spacial score (nSPS) is 34.4. The zero-order valence-electron chi connectivity index (χ0n) is 13.2. The molecular weight excluding hydrogens is 242 g/mol. The molecule has 0 aromatic heterocycles. The maximum atomic E-state index is 3.69. The summed E-state index contributed by atoms with van der Waals surface area (Å²) in [6, 6.07) is 11.1. The summed E-state index contributed by atoms with van der Waals surface area (Å²) in [7, 11) is 0. The van der Waals surface area contributed by atoms with Crippen LogP contribution in [0.15, 0.2) is 30.3 Å². The van der Waals surface area contributed by atoms with Gasteiger partial charge in [0, 0.05) is 6.54 Å². The van der Waals surface area contributed by atoms with Crippen LogP contribution in [0.3, 0.4) is 0 Å². The van der Waals surface area contributed by atoms with E-state index in [0.29, 0.717) is 5.41 Å². The molecule has 4 unspecified atom stereocenters. The molecule has 1 aliphatic carbocycles. The maximum absolute atomic E-state index is 3.69. The van der Waals surface area contributed by atoms with Gasteiger partial charge in [0.1, 0.15) is 0 Å². The topological polar surface area (TPSA) is 12.0 Å². The van der Waals surface area contributed by atoms with Crippen LogP contribution in [-0.2, 0) is 6.42 Å². The van der Waals surface area contributed by atoms with Crippen molar-refractivity contribution >= 4 is 0 Å². The minimum atomic E-state index is 0.577. The van der Waals surface area contributed by atoms with E-state index in [2.05, 4.69) is 56.4 Å². The average Bonchev–Trinajstić information content (AvgIpc) is 2.96. The summed E-state index contributed by atoms with van der Waals surface area (Å²) >= 11 is 0. The van der Waals surface area contributed by atoms with Crippen LogP contribution in [-0.4, -0.2) is 13.1 Å². The van der Waals surface area contributed by atoms with Gasteiger partial charge in [-0.15, -0.1) is 0 Å². The van der Waals surface area contributed by atoms with Crippen molar-refractivity contribution in [3.8, 4) is 0 Å². The van der Waals surface area contributed by atoms with Gasteiger partial charge in [-0.1, -0.05) is 51.1 Å². The largest absolute Gasteiger partial charge is 0.316 e. The zero-order valence-corrected chi connectivity index (χ0v) is 13.2. The molecule has 1 aromatic rings. The number of benzene rings is 1. The Bertz CT molecular complexity index is 438. The van der Waals surface area contributed by atoms with Gasteiger partial charge in [-0.2, -0.15) is 0 Å². The number of rotatable bonds is 4. The van der Waals surface area contributed by atoms with Crippen molar-refractivity contribution in [2.45, 2.75) is 40.0 Å². The van der Waals surface area contributed by atoms with E-state index >= 15 is 0 Å². The minimum Gasteiger partial charge on any atom is -0.316 e. The quantitative estimate of drug-likeness (QED) is 0.868.